The van der Waals surface area contributed by atoms with Crippen LogP contribution in [0, 0.1) is 6.92 Å². The molecule has 2 N–H and O–H groups in total. The van der Waals surface area contributed by atoms with Crippen LogP contribution >= 0.6 is 0 Å². The van der Waals surface area contributed by atoms with E-state index in [1.165, 1.54) is 6.26 Å². The van der Waals surface area contributed by atoms with Crippen molar-refractivity contribution in [1.29, 1.82) is 0 Å². The molecule has 0 saturated carbocycles. The fourth-order valence-corrected chi connectivity index (χ4v) is 2.68. The summed E-state index contributed by atoms with van der Waals surface area (Å²) in [6.07, 6.45) is 1.21. The Kier molecular flexibility index (Phi) is 3.60. The van der Waals surface area contributed by atoms with Crippen molar-refractivity contribution in [3.8, 4) is 0 Å². The SMILES string of the molecule is Cc1ccc2cc(C(N)C(C)S(C)(=O)=O)ccc2n1. The van der Waals surface area contributed by atoms with E-state index in [1.807, 2.05) is 37.3 Å². The average molecular weight is 278 g/mol. The van der Waals surface area contributed by atoms with Gasteiger partial charge < -0.3 is 5.73 Å². The molecule has 0 aliphatic heterocycles. The predicted octanol–water partition coefficient (Wildman–Crippen LogP) is 1.98. The van der Waals surface area contributed by atoms with Crippen LogP contribution in [-0.2, 0) is 9.84 Å². The zero-order valence-corrected chi connectivity index (χ0v) is 12.1. The molecule has 0 aliphatic carbocycles. The summed E-state index contributed by atoms with van der Waals surface area (Å²) in [4.78, 5) is 4.41. The summed E-state index contributed by atoms with van der Waals surface area (Å²) in [6.45, 7) is 3.57. The van der Waals surface area contributed by atoms with Gasteiger partial charge in [-0.3, -0.25) is 4.98 Å². The molecule has 0 bridgehead atoms. The summed E-state index contributed by atoms with van der Waals surface area (Å²) in [5.74, 6) is 0. The number of sulfone groups is 1. The number of nitrogens with two attached hydrogens (primary N) is 1. The highest BCUT2D eigenvalue weighted by Crippen LogP contribution is 2.23. The van der Waals surface area contributed by atoms with Crippen molar-refractivity contribution >= 4 is 20.7 Å². The molecule has 2 rings (SSSR count). The number of nitrogens with zero attached hydrogens (tertiary/aromatic N) is 1. The molecule has 1 heterocycles. The van der Waals surface area contributed by atoms with Crippen molar-refractivity contribution in [2.24, 2.45) is 5.73 Å². The maximum atomic E-state index is 11.6. The molecule has 102 valence electrons. The molecule has 1 aromatic carbocycles. The molecule has 2 atom stereocenters. The Morgan fingerprint density at radius 1 is 1.21 bits per heavy atom. The third-order valence-corrected chi connectivity index (χ3v) is 5.06. The van der Waals surface area contributed by atoms with Crippen LogP contribution in [0.15, 0.2) is 30.3 Å². The second-order valence-corrected chi connectivity index (χ2v) is 7.37. The molecule has 0 saturated heterocycles. The molecule has 4 nitrogen and oxygen atoms in total. The topological polar surface area (TPSA) is 73.1 Å². The van der Waals surface area contributed by atoms with Gasteiger partial charge in [-0.1, -0.05) is 12.1 Å². The highest BCUT2D eigenvalue weighted by molar-refractivity contribution is 7.91. The van der Waals surface area contributed by atoms with Crippen molar-refractivity contribution in [3.63, 3.8) is 0 Å². The van der Waals surface area contributed by atoms with E-state index in [0.717, 1.165) is 22.2 Å². The lowest BCUT2D eigenvalue weighted by atomic mass is 10.0. The van der Waals surface area contributed by atoms with Crippen LogP contribution in [0.2, 0.25) is 0 Å². The Bertz CT molecular complexity index is 710. The molecule has 0 radical (unpaired) electrons. The maximum absolute atomic E-state index is 11.6. The van der Waals surface area contributed by atoms with Gasteiger partial charge in [-0.2, -0.15) is 0 Å². The van der Waals surface area contributed by atoms with E-state index in [1.54, 1.807) is 6.92 Å². The first-order chi connectivity index (χ1) is 8.79. The highest BCUT2D eigenvalue weighted by Gasteiger charge is 2.24. The molecule has 5 heteroatoms. The van der Waals surface area contributed by atoms with Crippen LogP contribution in [-0.4, -0.2) is 24.9 Å². The average Bonchev–Trinajstić information content (AvgIpc) is 2.35. The van der Waals surface area contributed by atoms with Gasteiger partial charge in [0.05, 0.1) is 10.8 Å². The zero-order valence-electron chi connectivity index (χ0n) is 11.3. The van der Waals surface area contributed by atoms with E-state index in [0.29, 0.717) is 0 Å². The summed E-state index contributed by atoms with van der Waals surface area (Å²) in [7, 11) is -3.15. The molecule has 2 aromatic rings. The number of aryl methyl sites for hydroxylation is 1. The third-order valence-electron chi connectivity index (χ3n) is 3.42. The van der Waals surface area contributed by atoms with Crippen molar-refractivity contribution in [2.45, 2.75) is 25.1 Å². The van der Waals surface area contributed by atoms with Crippen LogP contribution < -0.4 is 5.73 Å². The number of hydrogen-bond acceptors (Lipinski definition) is 4. The van der Waals surface area contributed by atoms with E-state index in [9.17, 15) is 8.42 Å². The van der Waals surface area contributed by atoms with Crippen LogP contribution in [0.4, 0.5) is 0 Å². The monoisotopic (exact) mass is 278 g/mol. The van der Waals surface area contributed by atoms with Crippen LogP contribution in [0.5, 0.6) is 0 Å². The van der Waals surface area contributed by atoms with Crippen LogP contribution in [0.1, 0.15) is 24.2 Å². The van der Waals surface area contributed by atoms with E-state index < -0.39 is 21.1 Å². The second kappa shape index (κ2) is 4.90. The van der Waals surface area contributed by atoms with Crippen molar-refractivity contribution in [1.82, 2.24) is 4.98 Å². The molecule has 0 spiro atoms. The predicted molar refractivity (Wildman–Crippen MR) is 77.7 cm³/mol. The van der Waals surface area contributed by atoms with Gasteiger partial charge in [0.25, 0.3) is 0 Å². The fraction of sp³-hybridized carbons (Fsp3) is 0.357. The smallest absolute Gasteiger partial charge is 0.151 e. The van der Waals surface area contributed by atoms with E-state index in [2.05, 4.69) is 4.98 Å². The molecule has 19 heavy (non-hydrogen) atoms. The number of rotatable bonds is 3. The fourth-order valence-electron chi connectivity index (χ4n) is 1.99. The number of aromatic nitrogens is 1. The minimum atomic E-state index is -3.15. The van der Waals surface area contributed by atoms with E-state index in [4.69, 9.17) is 5.73 Å². The van der Waals surface area contributed by atoms with Gasteiger partial charge in [0.15, 0.2) is 9.84 Å². The summed E-state index contributed by atoms with van der Waals surface area (Å²) in [6, 6.07) is 9.01. The van der Waals surface area contributed by atoms with Crippen LogP contribution in [0.3, 0.4) is 0 Å². The lowest BCUT2D eigenvalue weighted by molar-refractivity contribution is 0.571. The maximum Gasteiger partial charge on any atom is 0.151 e. The van der Waals surface area contributed by atoms with E-state index in [-0.39, 0.29) is 0 Å². The molecule has 2 unspecified atom stereocenters. The molecular formula is C14H18N2O2S. The van der Waals surface area contributed by atoms with Gasteiger partial charge in [-0.25, -0.2) is 8.42 Å². The third kappa shape index (κ3) is 2.93. The summed E-state index contributed by atoms with van der Waals surface area (Å²) in [5, 5.41) is 0.364. The first-order valence-electron chi connectivity index (χ1n) is 6.11. The minimum Gasteiger partial charge on any atom is -0.323 e. The first-order valence-corrected chi connectivity index (χ1v) is 8.06. The van der Waals surface area contributed by atoms with Gasteiger partial charge in [0.1, 0.15) is 0 Å². The van der Waals surface area contributed by atoms with Crippen molar-refractivity contribution < 1.29 is 8.42 Å². The van der Waals surface area contributed by atoms with Gasteiger partial charge in [-0.15, -0.1) is 0 Å². The Balaban J connectivity index is 2.44. The Hall–Kier alpha value is -1.46. The Morgan fingerprint density at radius 3 is 2.53 bits per heavy atom. The summed E-state index contributed by atoms with van der Waals surface area (Å²) in [5.41, 5.74) is 8.71. The molecule has 0 aliphatic rings. The van der Waals surface area contributed by atoms with Gasteiger partial charge >= 0.3 is 0 Å². The number of hydrogen-bond donors (Lipinski definition) is 1. The Morgan fingerprint density at radius 2 is 1.89 bits per heavy atom. The van der Waals surface area contributed by atoms with E-state index >= 15 is 0 Å². The minimum absolute atomic E-state index is 0.527. The summed E-state index contributed by atoms with van der Waals surface area (Å²) >= 11 is 0. The Labute approximate surface area is 113 Å². The second-order valence-electron chi connectivity index (χ2n) is 4.97. The lowest BCUT2D eigenvalue weighted by Crippen LogP contribution is -2.30. The van der Waals surface area contributed by atoms with Crippen LogP contribution in [0.25, 0.3) is 10.9 Å². The van der Waals surface area contributed by atoms with Gasteiger partial charge in [-0.05, 0) is 37.6 Å². The molecule has 1 aromatic heterocycles. The normalized spacial score (nSPS) is 15.4. The lowest BCUT2D eigenvalue weighted by Gasteiger charge is -2.19. The molecular weight excluding hydrogens is 260 g/mol. The number of fused-ring (bicyclic) bond motifs is 1. The highest BCUT2D eigenvalue weighted by atomic mass is 32.2. The standard InChI is InChI=1S/C14H18N2O2S/c1-9-4-5-11-8-12(6-7-13(11)16-9)14(15)10(2)19(3,17)18/h4-8,10,14H,15H2,1-3H3. The zero-order chi connectivity index (χ0) is 14.2. The largest absolute Gasteiger partial charge is 0.323 e. The molecule has 0 fully saturated rings. The molecule has 0 amide bonds. The van der Waals surface area contributed by atoms with Gasteiger partial charge in [0, 0.05) is 23.4 Å². The number of benzene rings is 1. The number of pyridine rings is 1. The first kappa shape index (κ1) is 14.0. The summed E-state index contributed by atoms with van der Waals surface area (Å²) < 4.78 is 23.1. The van der Waals surface area contributed by atoms with Gasteiger partial charge in [0.2, 0.25) is 0 Å². The quantitative estimate of drug-likeness (QED) is 0.931. The van der Waals surface area contributed by atoms with Crippen molar-refractivity contribution in [2.75, 3.05) is 6.26 Å². The van der Waals surface area contributed by atoms with Crippen molar-refractivity contribution in [3.05, 3.63) is 41.6 Å².